The molecule has 0 aromatic rings. The van der Waals surface area contributed by atoms with Gasteiger partial charge in [0.15, 0.2) is 0 Å². The average Bonchev–Trinajstić information content (AvgIpc) is 2.28. The SMILES string of the molecule is CCCCCC(=O)C(N)CCC[C@H](N)C(=O)O. The molecule has 0 heterocycles. The first-order chi connectivity index (χ1) is 7.99. The molecular weight excluding hydrogens is 220 g/mol. The third-order valence-corrected chi connectivity index (χ3v) is 2.79. The number of hydrogen-bond acceptors (Lipinski definition) is 4. The summed E-state index contributed by atoms with van der Waals surface area (Å²) in [5, 5.41) is 8.58. The zero-order chi connectivity index (χ0) is 13.3. The van der Waals surface area contributed by atoms with Crippen molar-refractivity contribution < 1.29 is 14.7 Å². The van der Waals surface area contributed by atoms with Crippen LogP contribution in [0.5, 0.6) is 0 Å². The molecular formula is C12H24N2O3. The van der Waals surface area contributed by atoms with Crippen molar-refractivity contribution in [3.8, 4) is 0 Å². The van der Waals surface area contributed by atoms with Crippen LogP contribution in [0.3, 0.4) is 0 Å². The van der Waals surface area contributed by atoms with E-state index in [2.05, 4.69) is 6.92 Å². The number of hydrogen-bond donors (Lipinski definition) is 3. The number of aliphatic carboxylic acids is 1. The zero-order valence-electron chi connectivity index (χ0n) is 10.5. The number of rotatable bonds is 10. The molecule has 100 valence electrons. The van der Waals surface area contributed by atoms with Gasteiger partial charge in [0, 0.05) is 6.42 Å². The number of unbranched alkanes of at least 4 members (excludes halogenated alkanes) is 2. The van der Waals surface area contributed by atoms with Crippen LogP contribution in [-0.4, -0.2) is 28.9 Å². The monoisotopic (exact) mass is 244 g/mol. The minimum Gasteiger partial charge on any atom is -0.480 e. The Morgan fingerprint density at radius 3 is 2.18 bits per heavy atom. The molecule has 0 aromatic heterocycles. The van der Waals surface area contributed by atoms with Gasteiger partial charge in [0.05, 0.1) is 6.04 Å². The van der Waals surface area contributed by atoms with E-state index >= 15 is 0 Å². The normalized spacial score (nSPS) is 14.3. The standard InChI is InChI=1S/C12H24N2O3/c1-2-3-4-8-11(15)9(13)6-5-7-10(14)12(16)17/h9-10H,2-8,13-14H2,1H3,(H,16,17)/t9?,10-/m0/s1. The first-order valence-electron chi connectivity index (χ1n) is 6.25. The summed E-state index contributed by atoms with van der Waals surface area (Å²) >= 11 is 0. The Labute approximate surface area is 103 Å². The molecule has 0 aliphatic heterocycles. The van der Waals surface area contributed by atoms with E-state index in [9.17, 15) is 9.59 Å². The predicted octanol–water partition coefficient (Wildman–Crippen LogP) is 1.05. The summed E-state index contributed by atoms with van der Waals surface area (Å²) in [7, 11) is 0. The van der Waals surface area contributed by atoms with Crippen molar-refractivity contribution >= 4 is 11.8 Å². The number of Topliss-reactive ketones (excluding diaryl/α,β-unsaturated/α-hetero) is 1. The van der Waals surface area contributed by atoms with Crippen LogP contribution < -0.4 is 11.5 Å². The molecule has 0 radical (unpaired) electrons. The Morgan fingerprint density at radius 1 is 1.06 bits per heavy atom. The van der Waals surface area contributed by atoms with Crippen LogP contribution in [-0.2, 0) is 9.59 Å². The number of carboxylic acid groups (broad SMARTS) is 1. The Bertz CT molecular complexity index is 244. The van der Waals surface area contributed by atoms with Crippen molar-refractivity contribution in [2.45, 2.75) is 64.0 Å². The number of carboxylic acids is 1. The highest BCUT2D eigenvalue weighted by Crippen LogP contribution is 2.07. The van der Waals surface area contributed by atoms with E-state index in [0.29, 0.717) is 25.7 Å². The molecule has 5 N–H and O–H groups in total. The van der Waals surface area contributed by atoms with E-state index in [1.165, 1.54) is 0 Å². The highest BCUT2D eigenvalue weighted by molar-refractivity contribution is 5.83. The summed E-state index contributed by atoms with van der Waals surface area (Å²) in [6.45, 7) is 2.08. The first-order valence-corrected chi connectivity index (χ1v) is 6.25. The molecule has 0 fully saturated rings. The van der Waals surface area contributed by atoms with Crippen LogP contribution in [0.2, 0.25) is 0 Å². The minimum atomic E-state index is -1.01. The minimum absolute atomic E-state index is 0.0716. The maximum absolute atomic E-state index is 11.6. The van der Waals surface area contributed by atoms with Crippen molar-refractivity contribution in [1.82, 2.24) is 0 Å². The van der Waals surface area contributed by atoms with Gasteiger partial charge in [-0.15, -0.1) is 0 Å². The van der Waals surface area contributed by atoms with Gasteiger partial charge in [-0.2, -0.15) is 0 Å². The van der Waals surface area contributed by atoms with Crippen molar-refractivity contribution in [2.75, 3.05) is 0 Å². The molecule has 1 unspecified atom stereocenters. The lowest BCUT2D eigenvalue weighted by Crippen LogP contribution is -2.33. The van der Waals surface area contributed by atoms with E-state index in [0.717, 1.165) is 19.3 Å². The third kappa shape index (κ3) is 7.88. The summed E-state index contributed by atoms with van der Waals surface area (Å²) in [4.78, 5) is 22.0. The van der Waals surface area contributed by atoms with Crippen molar-refractivity contribution in [3.63, 3.8) is 0 Å². The Morgan fingerprint density at radius 2 is 1.65 bits per heavy atom. The molecule has 0 spiro atoms. The van der Waals surface area contributed by atoms with Crippen LogP contribution >= 0.6 is 0 Å². The lowest BCUT2D eigenvalue weighted by atomic mass is 10.00. The molecule has 0 bridgehead atoms. The first kappa shape index (κ1) is 16.1. The van der Waals surface area contributed by atoms with E-state index < -0.39 is 18.1 Å². The maximum Gasteiger partial charge on any atom is 0.320 e. The van der Waals surface area contributed by atoms with E-state index in [1.807, 2.05) is 0 Å². The summed E-state index contributed by atoms with van der Waals surface area (Å²) in [5.41, 5.74) is 11.1. The van der Waals surface area contributed by atoms with Gasteiger partial charge < -0.3 is 16.6 Å². The average molecular weight is 244 g/mol. The van der Waals surface area contributed by atoms with Crippen LogP contribution in [0.15, 0.2) is 0 Å². The summed E-state index contributed by atoms with van der Waals surface area (Å²) in [6, 6.07) is -1.31. The second-order valence-electron chi connectivity index (χ2n) is 4.41. The summed E-state index contributed by atoms with van der Waals surface area (Å²) < 4.78 is 0. The van der Waals surface area contributed by atoms with Gasteiger partial charge in [-0.3, -0.25) is 9.59 Å². The van der Waals surface area contributed by atoms with Gasteiger partial charge in [0.2, 0.25) is 0 Å². The molecule has 0 aromatic carbocycles. The van der Waals surface area contributed by atoms with Gasteiger partial charge >= 0.3 is 5.97 Å². The topological polar surface area (TPSA) is 106 Å². The lowest BCUT2D eigenvalue weighted by molar-refractivity contribution is -0.138. The molecule has 0 saturated heterocycles. The zero-order valence-corrected chi connectivity index (χ0v) is 10.5. The van der Waals surface area contributed by atoms with Crippen LogP contribution in [0.1, 0.15) is 51.9 Å². The van der Waals surface area contributed by atoms with E-state index in [-0.39, 0.29) is 5.78 Å². The number of ketones is 1. The Balaban J connectivity index is 3.67. The molecule has 0 rings (SSSR count). The van der Waals surface area contributed by atoms with Crippen molar-refractivity contribution in [3.05, 3.63) is 0 Å². The fourth-order valence-corrected chi connectivity index (χ4v) is 1.58. The molecule has 0 aliphatic rings. The lowest BCUT2D eigenvalue weighted by Gasteiger charge is -2.11. The van der Waals surface area contributed by atoms with Gasteiger partial charge in [0.1, 0.15) is 11.8 Å². The van der Waals surface area contributed by atoms with Crippen LogP contribution in [0.4, 0.5) is 0 Å². The van der Waals surface area contributed by atoms with Crippen molar-refractivity contribution in [2.24, 2.45) is 11.5 Å². The maximum atomic E-state index is 11.6. The van der Waals surface area contributed by atoms with Crippen LogP contribution in [0.25, 0.3) is 0 Å². The fraction of sp³-hybridized carbons (Fsp3) is 0.833. The van der Waals surface area contributed by atoms with Gasteiger partial charge in [-0.05, 0) is 25.7 Å². The molecule has 5 heteroatoms. The highest BCUT2D eigenvalue weighted by Gasteiger charge is 2.15. The van der Waals surface area contributed by atoms with Gasteiger partial charge in [-0.25, -0.2) is 0 Å². The molecule has 0 aliphatic carbocycles. The highest BCUT2D eigenvalue weighted by atomic mass is 16.4. The van der Waals surface area contributed by atoms with Crippen molar-refractivity contribution in [1.29, 1.82) is 0 Å². The van der Waals surface area contributed by atoms with Gasteiger partial charge in [-0.1, -0.05) is 19.8 Å². The van der Waals surface area contributed by atoms with E-state index in [1.54, 1.807) is 0 Å². The summed E-state index contributed by atoms with van der Waals surface area (Å²) in [5.74, 6) is -0.935. The number of carbonyl (C=O) groups is 2. The molecule has 2 atom stereocenters. The number of carbonyl (C=O) groups excluding carboxylic acids is 1. The molecule has 17 heavy (non-hydrogen) atoms. The molecule has 0 saturated carbocycles. The Kier molecular flexibility index (Phi) is 8.62. The quantitative estimate of drug-likeness (QED) is 0.498. The van der Waals surface area contributed by atoms with Gasteiger partial charge in [0.25, 0.3) is 0 Å². The third-order valence-electron chi connectivity index (χ3n) is 2.79. The predicted molar refractivity (Wildman–Crippen MR) is 66.6 cm³/mol. The smallest absolute Gasteiger partial charge is 0.320 e. The second-order valence-corrected chi connectivity index (χ2v) is 4.41. The summed E-state index contributed by atoms with van der Waals surface area (Å²) in [6.07, 6.45) is 5.00. The number of nitrogens with two attached hydrogens (primary N) is 2. The van der Waals surface area contributed by atoms with Crippen LogP contribution in [0, 0.1) is 0 Å². The Hall–Kier alpha value is -0.940. The van der Waals surface area contributed by atoms with E-state index in [4.69, 9.17) is 16.6 Å². The fourth-order valence-electron chi connectivity index (χ4n) is 1.58. The second kappa shape index (κ2) is 9.13. The molecule has 5 nitrogen and oxygen atoms in total. The largest absolute Gasteiger partial charge is 0.480 e. The molecule has 0 amide bonds.